The highest BCUT2D eigenvalue weighted by Gasteiger charge is 2.25. The van der Waals surface area contributed by atoms with Gasteiger partial charge in [-0.25, -0.2) is 14.8 Å². The van der Waals surface area contributed by atoms with Crippen LogP contribution in [0.4, 0.5) is 9.52 Å². The van der Waals surface area contributed by atoms with E-state index in [4.69, 9.17) is 4.98 Å². The Labute approximate surface area is 156 Å². The van der Waals surface area contributed by atoms with Crippen molar-refractivity contribution in [1.29, 1.82) is 0 Å². The molecule has 0 bridgehead atoms. The third-order valence-electron chi connectivity index (χ3n) is 4.51. The second-order valence-corrected chi connectivity index (χ2v) is 7.10. The second kappa shape index (κ2) is 8.03. The van der Waals surface area contributed by atoms with Gasteiger partial charge in [-0.1, -0.05) is 0 Å². The van der Waals surface area contributed by atoms with Crippen LogP contribution in [0.2, 0.25) is 0 Å². The first-order valence-corrected chi connectivity index (χ1v) is 9.42. The van der Waals surface area contributed by atoms with Crippen LogP contribution in [-0.4, -0.2) is 41.9 Å². The summed E-state index contributed by atoms with van der Waals surface area (Å²) in [6.45, 7) is 2.22. The van der Waals surface area contributed by atoms with Crippen LogP contribution < -0.4 is 15.8 Å². The van der Waals surface area contributed by atoms with E-state index in [0.717, 1.165) is 34.3 Å². The highest BCUT2D eigenvalue weighted by Crippen LogP contribution is 2.30. The van der Waals surface area contributed by atoms with E-state index in [2.05, 4.69) is 22.7 Å². The molecular weight excluding hydrogens is 353 g/mol. The van der Waals surface area contributed by atoms with Gasteiger partial charge in [0, 0.05) is 31.6 Å². The Balaban J connectivity index is 1.88. The maximum Gasteiger partial charge on any atom is 0.191 e. The lowest BCUT2D eigenvalue weighted by Gasteiger charge is -2.39. The van der Waals surface area contributed by atoms with Crippen molar-refractivity contribution >= 4 is 16.5 Å². The Hall–Kier alpha value is -2.16. The zero-order chi connectivity index (χ0) is 18.7. The van der Waals surface area contributed by atoms with Crippen LogP contribution in [0, 0.1) is 5.82 Å². The summed E-state index contributed by atoms with van der Waals surface area (Å²) in [7, 11) is 3.99. The smallest absolute Gasteiger partial charge is 0.191 e. The van der Waals surface area contributed by atoms with Gasteiger partial charge in [0.05, 0.1) is 17.6 Å². The maximum absolute atomic E-state index is 13.1. The first kappa shape index (κ1) is 18.6. The molecule has 26 heavy (non-hydrogen) atoms. The largest absolute Gasteiger partial charge is 0.396 e. The number of thiazole rings is 1. The Morgan fingerprint density at radius 3 is 2.77 bits per heavy atom. The normalized spacial score (nSPS) is 17.4. The molecule has 6 nitrogen and oxygen atoms in total. The van der Waals surface area contributed by atoms with Crippen LogP contribution in [0.3, 0.4) is 0 Å². The summed E-state index contributed by atoms with van der Waals surface area (Å²) in [5.41, 5.74) is 9.32. The predicted molar refractivity (Wildman–Crippen MR) is 103 cm³/mol. The van der Waals surface area contributed by atoms with Crippen LogP contribution >= 0.6 is 11.3 Å². The molecule has 0 saturated heterocycles. The Morgan fingerprint density at radius 2 is 2.08 bits per heavy atom. The maximum atomic E-state index is 13.1. The molecule has 140 valence electrons. The zero-order valence-corrected chi connectivity index (χ0v) is 16.0. The number of nitrogens with one attached hydrogen (secondary N) is 2. The molecular formula is C18H24FN5OS. The van der Waals surface area contributed by atoms with Crippen LogP contribution in [0.25, 0.3) is 11.3 Å². The summed E-state index contributed by atoms with van der Waals surface area (Å²) in [5, 5.41) is 12.0. The average Bonchev–Trinajstić information content (AvgIpc) is 3.13. The number of aromatic nitrogens is 1. The number of hydrogen-bond donors (Lipinski definition) is 3. The van der Waals surface area contributed by atoms with Gasteiger partial charge in [-0.05, 0) is 44.0 Å². The van der Waals surface area contributed by atoms with Crippen molar-refractivity contribution in [1.82, 2.24) is 20.7 Å². The molecule has 2 aromatic rings. The quantitative estimate of drug-likeness (QED) is 0.720. The second-order valence-electron chi connectivity index (χ2n) is 6.26. The summed E-state index contributed by atoms with van der Waals surface area (Å²) in [4.78, 5) is 8.86. The van der Waals surface area contributed by atoms with Crippen LogP contribution in [0.1, 0.15) is 19.8 Å². The molecule has 0 spiro atoms. The summed E-state index contributed by atoms with van der Waals surface area (Å²) in [5.74, 6) is 0.661. The first-order valence-electron chi connectivity index (χ1n) is 8.55. The van der Waals surface area contributed by atoms with E-state index in [0.29, 0.717) is 6.42 Å². The van der Waals surface area contributed by atoms with Gasteiger partial charge < -0.3 is 20.3 Å². The van der Waals surface area contributed by atoms with E-state index in [1.54, 1.807) is 12.1 Å². The van der Waals surface area contributed by atoms with Gasteiger partial charge in [-0.15, -0.1) is 11.3 Å². The number of aliphatic hydroxyl groups is 1. The highest BCUT2D eigenvalue weighted by atomic mass is 32.1. The van der Waals surface area contributed by atoms with Gasteiger partial charge >= 0.3 is 0 Å². The van der Waals surface area contributed by atoms with Gasteiger partial charge in [0.15, 0.2) is 5.13 Å². The number of nitrogens with zero attached hydrogens (tertiary/aromatic N) is 3. The Kier molecular flexibility index (Phi) is 5.75. The van der Waals surface area contributed by atoms with Crippen LogP contribution in [0.5, 0.6) is 0 Å². The van der Waals surface area contributed by atoms with Gasteiger partial charge in [-0.2, -0.15) is 0 Å². The lowest BCUT2D eigenvalue weighted by atomic mass is 10.2. The standard InChI is InChI=1S/C18H24FN5OS/c1-12-21-22-17(16(23(12)2)5-4-10-25)24(3)18-20-15(11-26-18)13-6-8-14(19)9-7-13/h6-9,11-12,21-22,25H,4-5,10H2,1-3H3. The molecule has 0 aliphatic carbocycles. The number of benzene rings is 1. The van der Waals surface area contributed by atoms with Crippen molar-refractivity contribution in [3.63, 3.8) is 0 Å². The Morgan fingerprint density at radius 1 is 1.35 bits per heavy atom. The molecule has 0 saturated carbocycles. The zero-order valence-electron chi connectivity index (χ0n) is 15.2. The number of rotatable bonds is 6. The van der Waals surface area contributed by atoms with Gasteiger partial charge in [-0.3, -0.25) is 0 Å². The number of hydrogen-bond acceptors (Lipinski definition) is 7. The van der Waals surface area contributed by atoms with Crippen LogP contribution in [0.15, 0.2) is 41.2 Å². The van der Waals surface area contributed by atoms with E-state index in [1.807, 2.05) is 24.4 Å². The summed E-state index contributed by atoms with van der Waals surface area (Å²) in [6.07, 6.45) is 1.61. The van der Waals surface area contributed by atoms with E-state index < -0.39 is 0 Å². The summed E-state index contributed by atoms with van der Waals surface area (Å²) >= 11 is 1.53. The molecule has 1 aliphatic heterocycles. The Bertz CT molecular complexity index is 776. The van der Waals surface area contributed by atoms with Gasteiger partial charge in [0.1, 0.15) is 11.6 Å². The molecule has 3 rings (SSSR count). The van der Waals surface area contributed by atoms with E-state index in [-0.39, 0.29) is 18.6 Å². The molecule has 3 N–H and O–H groups in total. The lowest BCUT2D eigenvalue weighted by Crippen LogP contribution is -2.55. The van der Waals surface area contributed by atoms with E-state index in [9.17, 15) is 9.50 Å². The third kappa shape index (κ3) is 3.82. The number of hydrazine groups is 1. The number of allylic oxidation sites excluding steroid dienone is 1. The molecule has 1 atom stereocenters. The van der Waals surface area contributed by atoms with E-state index >= 15 is 0 Å². The molecule has 2 heterocycles. The summed E-state index contributed by atoms with van der Waals surface area (Å²) < 4.78 is 13.1. The molecule has 1 unspecified atom stereocenters. The molecule has 0 radical (unpaired) electrons. The topological polar surface area (TPSA) is 63.7 Å². The van der Waals surface area contributed by atoms with E-state index in [1.165, 1.54) is 23.5 Å². The van der Waals surface area contributed by atoms with Gasteiger partial charge in [0.25, 0.3) is 0 Å². The molecule has 0 amide bonds. The minimum Gasteiger partial charge on any atom is -0.396 e. The van der Waals surface area contributed by atoms with Gasteiger partial charge in [0.2, 0.25) is 0 Å². The molecule has 1 aliphatic rings. The van der Waals surface area contributed by atoms with Crippen molar-refractivity contribution < 1.29 is 9.50 Å². The van der Waals surface area contributed by atoms with Crippen LogP contribution in [-0.2, 0) is 0 Å². The molecule has 1 aromatic heterocycles. The fourth-order valence-electron chi connectivity index (χ4n) is 2.83. The summed E-state index contributed by atoms with van der Waals surface area (Å²) in [6, 6.07) is 6.35. The average molecular weight is 377 g/mol. The number of anilines is 1. The van der Waals surface area contributed by atoms with Crippen molar-refractivity contribution in [2.24, 2.45) is 0 Å². The molecule has 0 fully saturated rings. The highest BCUT2D eigenvalue weighted by molar-refractivity contribution is 7.14. The van der Waals surface area contributed by atoms with Crippen molar-refractivity contribution in [2.45, 2.75) is 25.9 Å². The molecule has 1 aromatic carbocycles. The first-order chi connectivity index (χ1) is 12.5. The minimum atomic E-state index is -0.255. The minimum absolute atomic E-state index is 0.145. The number of aliphatic hydroxyl groups excluding tert-OH is 1. The van der Waals surface area contributed by atoms with Crippen molar-refractivity contribution in [3.8, 4) is 11.3 Å². The molecule has 8 heteroatoms. The van der Waals surface area contributed by atoms with Crippen molar-refractivity contribution in [3.05, 3.63) is 47.0 Å². The monoisotopic (exact) mass is 377 g/mol. The fourth-order valence-corrected chi connectivity index (χ4v) is 3.63. The SMILES string of the molecule is CC1NNC(N(C)c2nc(-c3ccc(F)cc3)cs2)=C(CCCO)N1C. The van der Waals surface area contributed by atoms with Crippen molar-refractivity contribution in [2.75, 3.05) is 25.6 Å². The predicted octanol–water partition coefficient (Wildman–Crippen LogP) is 2.71. The third-order valence-corrected chi connectivity index (χ3v) is 5.42. The fraction of sp³-hybridized carbons (Fsp3) is 0.389. The number of halogens is 1. The lowest BCUT2D eigenvalue weighted by molar-refractivity contribution is 0.208.